The third kappa shape index (κ3) is 3.87. The van der Waals surface area contributed by atoms with Crippen molar-refractivity contribution in [1.29, 1.82) is 0 Å². The summed E-state index contributed by atoms with van der Waals surface area (Å²) in [6.07, 6.45) is 11.2. The van der Waals surface area contributed by atoms with Gasteiger partial charge in [-0.1, -0.05) is 38.5 Å². The summed E-state index contributed by atoms with van der Waals surface area (Å²) in [6.45, 7) is 0.930. The van der Waals surface area contributed by atoms with Gasteiger partial charge in [-0.25, -0.2) is 4.98 Å². The van der Waals surface area contributed by atoms with Gasteiger partial charge in [-0.05, 0) is 31.7 Å². The number of rotatable bonds is 5. The minimum absolute atomic E-state index is 0.0772. The van der Waals surface area contributed by atoms with Gasteiger partial charge in [0.2, 0.25) is 11.8 Å². The summed E-state index contributed by atoms with van der Waals surface area (Å²) < 4.78 is 5.47. The zero-order chi connectivity index (χ0) is 19.5. The number of pyridine rings is 1. The molecule has 3 aliphatic rings. The molecule has 2 fully saturated rings. The first-order chi connectivity index (χ1) is 13.7. The SMILES string of the molecule is COc1nc2c(cc1CNC(=O)C1CCCCCC1)C(=O)N(C1CCCC1)C2. The lowest BCUT2D eigenvalue weighted by atomic mass is 9.99. The van der Waals surface area contributed by atoms with Crippen LogP contribution in [0, 0.1) is 5.92 Å². The van der Waals surface area contributed by atoms with Gasteiger partial charge in [0.05, 0.1) is 24.9 Å². The van der Waals surface area contributed by atoms with Crippen molar-refractivity contribution in [3.05, 3.63) is 22.9 Å². The Labute approximate surface area is 167 Å². The highest BCUT2D eigenvalue weighted by molar-refractivity contribution is 5.98. The van der Waals surface area contributed by atoms with E-state index in [1.54, 1.807) is 7.11 Å². The van der Waals surface area contributed by atoms with E-state index in [0.29, 0.717) is 30.6 Å². The summed E-state index contributed by atoms with van der Waals surface area (Å²) in [5.41, 5.74) is 2.25. The van der Waals surface area contributed by atoms with Gasteiger partial charge >= 0.3 is 0 Å². The fourth-order valence-electron chi connectivity index (χ4n) is 4.95. The number of carbonyl (C=O) groups excluding carboxylic acids is 2. The van der Waals surface area contributed by atoms with Crippen molar-refractivity contribution in [2.75, 3.05) is 7.11 Å². The molecule has 1 aromatic rings. The van der Waals surface area contributed by atoms with Gasteiger partial charge < -0.3 is 15.0 Å². The second-order valence-corrected chi connectivity index (χ2v) is 8.43. The lowest BCUT2D eigenvalue weighted by Gasteiger charge is -2.22. The number of methoxy groups -OCH3 is 1. The smallest absolute Gasteiger partial charge is 0.256 e. The van der Waals surface area contributed by atoms with Crippen LogP contribution >= 0.6 is 0 Å². The minimum Gasteiger partial charge on any atom is -0.481 e. The third-order valence-electron chi connectivity index (χ3n) is 6.59. The molecule has 2 heterocycles. The van der Waals surface area contributed by atoms with Crippen LogP contribution in [-0.4, -0.2) is 34.8 Å². The van der Waals surface area contributed by atoms with Crippen LogP contribution in [0.1, 0.15) is 85.8 Å². The van der Waals surface area contributed by atoms with E-state index < -0.39 is 0 Å². The first kappa shape index (κ1) is 19.2. The summed E-state index contributed by atoms with van der Waals surface area (Å²) in [6, 6.07) is 2.22. The number of ether oxygens (including phenoxy) is 1. The van der Waals surface area contributed by atoms with Crippen LogP contribution in [0.25, 0.3) is 0 Å². The highest BCUT2D eigenvalue weighted by Gasteiger charge is 2.36. The molecule has 0 saturated heterocycles. The number of nitrogens with one attached hydrogen (secondary N) is 1. The normalized spacial score (nSPS) is 20.9. The number of fused-ring (bicyclic) bond motifs is 1. The van der Waals surface area contributed by atoms with E-state index in [2.05, 4.69) is 10.3 Å². The van der Waals surface area contributed by atoms with E-state index in [-0.39, 0.29) is 17.7 Å². The van der Waals surface area contributed by atoms with Crippen LogP contribution in [-0.2, 0) is 17.9 Å². The first-order valence-electron chi connectivity index (χ1n) is 10.8. The molecule has 0 aromatic carbocycles. The number of hydrogen-bond acceptors (Lipinski definition) is 4. The Morgan fingerprint density at radius 1 is 1.14 bits per heavy atom. The lowest BCUT2D eigenvalue weighted by molar-refractivity contribution is -0.125. The van der Waals surface area contributed by atoms with E-state index in [0.717, 1.165) is 49.8 Å². The maximum atomic E-state index is 12.9. The zero-order valence-electron chi connectivity index (χ0n) is 16.8. The standard InChI is InChI=1S/C22H31N3O3/c1-28-21-16(13-23-20(26)15-8-4-2-3-5-9-15)12-18-19(24-21)14-25(22(18)27)17-10-6-7-11-17/h12,15,17H,2-11,13-14H2,1H3,(H,23,26). The van der Waals surface area contributed by atoms with Crippen molar-refractivity contribution in [2.45, 2.75) is 83.3 Å². The quantitative estimate of drug-likeness (QED) is 0.787. The summed E-state index contributed by atoms with van der Waals surface area (Å²) in [7, 11) is 1.59. The second-order valence-electron chi connectivity index (χ2n) is 8.43. The van der Waals surface area contributed by atoms with Gasteiger partial charge in [0.25, 0.3) is 5.91 Å². The van der Waals surface area contributed by atoms with E-state index in [1.807, 2.05) is 11.0 Å². The van der Waals surface area contributed by atoms with Crippen LogP contribution in [0.2, 0.25) is 0 Å². The number of amides is 2. The van der Waals surface area contributed by atoms with Gasteiger partial charge in [0.1, 0.15) is 0 Å². The van der Waals surface area contributed by atoms with Crippen molar-refractivity contribution < 1.29 is 14.3 Å². The van der Waals surface area contributed by atoms with Crippen molar-refractivity contribution in [3.63, 3.8) is 0 Å². The average molecular weight is 386 g/mol. The largest absolute Gasteiger partial charge is 0.481 e. The molecule has 1 aromatic heterocycles. The molecular weight excluding hydrogens is 354 g/mol. The Hall–Kier alpha value is -2.11. The molecule has 1 aliphatic heterocycles. The molecular formula is C22H31N3O3. The molecule has 2 saturated carbocycles. The molecule has 28 heavy (non-hydrogen) atoms. The molecule has 152 valence electrons. The predicted molar refractivity (Wildman–Crippen MR) is 106 cm³/mol. The van der Waals surface area contributed by atoms with Crippen LogP contribution in [0.4, 0.5) is 0 Å². The van der Waals surface area contributed by atoms with Crippen LogP contribution in [0.3, 0.4) is 0 Å². The maximum Gasteiger partial charge on any atom is 0.256 e. The van der Waals surface area contributed by atoms with Crippen molar-refractivity contribution in [3.8, 4) is 5.88 Å². The number of carbonyl (C=O) groups is 2. The van der Waals surface area contributed by atoms with Crippen LogP contribution < -0.4 is 10.1 Å². The molecule has 4 rings (SSSR count). The van der Waals surface area contributed by atoms with Crippen molar-refractivity contribution in [1.82, 2.24) is 15.2 Å². The fourth-order valence-corrected chi connectivity index (χ4v) is 4.95. The molecule has 2 aliphatic carbocycles. The average Bonchev–Trinajstić information content (AvgIpc) is 3.25. The monoisotopic (exact) mass is 385 g/mol. The van der Waals surface area contributed by atoms with Crippen molar-refractivity contribution in [2.24, 2.45) is 5.92 Å². The van der Waals surface area contributed by atoms with Gasteiger partial charge in [0, 0.05) is 24.1 Å². The lowest BCUT2D eigenvalue weighted by Crippen LogP contribution is -2.33. The highest BCUT2D eigenvalue weighted by Crippen LogP contribution is 2.33. The van der Waals surface area contributed by atoms with Crippen LogP contribution in [0.5, 0.6) is 5.88 Å². The molecule has 0 bridgehead atoms. The highest BCUT2D eigenvalue weighted by atomic mass is 16.5. The molecule has 1 N–H and O–H groups in total. The third-order valence-corrected chi connectivity index (χ3v) is 6.59. The molecule has 0 unspecified atom stereocenters. The van der Waals surface area contributed by atoms with E-state index in [1.165, 1.54) is 25.7 Å². The predicted octanol–water partition coefficient (Wildman–Crippen LogP) is 3.58. The van der Waals surface area contributed by atoms with Gasteiger partial charge in [-0.3, -0.25) is 9.59 Å². The van der Waals surface area contributed by atoms with Gasteiger partial charge in [0.15, 0.2) is 0 Å². The molecule has 6 nitrogen and oxygen atoms in total. The van der Waals surface area contributed by atoms with Gasteiger partial charge in [-0.2, -0.15) is 0 Å². The fraction of sp³-hybridized carbons (Fsp3) is 0.682. The summed E-state index contributed by atoms with van der Waals surface area (Å²) in [5, 5.41) is 3.06. The molecule has 0 radical (unpaired) electrons. The minimum atomic E-state index is 0.0772. The molecule has 2 amide bonds. The summed E-state index contributed by atoms with van der Waals surface area (Å²) in [5.74, 6) is 0.813. The molecule has 6 heteroatoms. The van der Waals surface area contributed by atoms with E-state index in [9.17, 15) is 9.59 Å². The number of aromatic nitrogens is 1. The Morgan fingerprint density at radius 3 is 2.50 bits per heavy atom. The maximum absolute atomic E-state index is 12.9. The van der Waals surface area contributed by atoms with Crippen LogP contribution in [0.15, 0.2) is 6.07 Å². The van der Waals surface area contributed by atoms with Gasteiger partial charge in [-0.15, -0.1) is 0 Å². The summed E-state index contributed by atoms with van der Waals surface area (Å²) >= 11 is 0. The topological polar surface area (TPSA) is 71.5 Å². The number of nitrogens with zero attached hydrogens (tertiary/aromatic N) is 2. The Kier molecular flexibility index (Phi) is 5.83. The Bertz CT molecular complexity index is 735. The van der Waals surface area contributed by atoms with E-state index in [4.69, 9.17) is 4.74 Å². The first-order valence-corrected chi connectivity index (χ1v) is 10.8. The van der Waals surface area contributed by atoms with Crippen molar-refractivity contribution >= 4 is 11.8 Å². The Morgan fingerprint density at radius 2 is 1.82 bits per heavy atom. The van der Waals surface area contributed by atoms with E-state index >= 15 is 0 Å². The summed E-state index contributed by atoms with van der Waals surface area (Å²) in [4.78, 5) is 32.1. The molecule has 0 spiro atoms. The molecule has 0 atom stereocenters. The Balaban J connectivity index is 1.46. The zero-order valence-corrected chi connectivity index (χ0v) is 16.8. The number of hydrogen-bond donors (Lipinski definition) is 1. The second kappa shape index (κ2) is 8.50.